The Hall–Kier alpha value is -0.400. The zero-order chi connectivity index (χ0) is 10.3. The summed E-state index contributed by atoms with van der Waals surface area (Å²) in [4.78, 5) is 0. The molecule has 4 rings (SSSR count). The molecule has 78 valence electrons. The first-order valence-corrected chi connectivity index (χ1v) is 6.74. The number of halogens is 1. The summed E-state index contributed by atoms with van der Waals surface area (Å²) in [6, 6.07) is 8.36. The topological polar surface area (TPSA) is 0 Å². The van der Waals surface area contributed by atoms with Crippen LogP contribution in [0.3, 0.4) is 0 Å². The molecule has 2 heteroatoms. The van der Waals surface area contributed by atoms with Crippen LogP contribution in [-0.2, 0) is 0 Å². The maximum absolute atomic E-state index is 5.91. The molecule has 0 radical (unpaired) electrons. The van der Waals surface area contributed by atoms with Gasteiger partial charge in [-0.2, -0.15) is 0 Å². The van der Waals surface area contributed by atoms with Gasteiger partial charge in [-0.15, -0.1) is 11.8 Å². The molecular weight excluding hydrogens is 224 g/mol. The molecule has 2 aliphatic heterocycles. The second-order valence-corrected chi connectivity index (χ2v) is 6.09. The zero-order valence-electron chi connectivity index (χ0n) is 8.40. The predicted molar refractivity (Wildman–Crippen MR) is 67.4 cm³/mol. The second-order valence-electron chi connectivity index (χ2n) is 4.27. The molecule has 3 aliphatic rings. The number of hydrogen-bond donors (Lipinski definition) is 0. The molecule has 1 fully saturated rings. The van der Waals surface area contributed by atoms with Crippen molar-refractivity contribution in [3.8, 4) is 0 Å². The van der Waals surface area contributed by atoms with Crippen molar-refractivity contribution in [2.75, 3.05) is 0 Å². The smallest absolute Gasteiger partial charge is 0.0406 e. The fraction of sp³-hybridized carbons (Fsp3) is 0.385. The third-order valence-corrected chi connectivity index (χ3v) is 5.18. The summed E-state index contributed by atoms with van der Waals surface area (Å²) in [7, 11) is 0. The summed E-state index contributed by atoms with van der Waals surface area (Å²) in [6.07, 6.45) is 7.49. The Kier molecular flexibility index (Phi) is 2.53. The molecule has 0 amide bonds. The zero-order valence-corrected chi connectivity index (χ0v) is 9.97. The van der Waals surface area contributed by atoms with Crippen molar-refractivity contribution in [1.29, 1.82) is 0 Å². The number of hydrogen-bond acceptors (Lipinski definition) is 1. The Morgan fingerprint density at radius 2 is 1.87 bits per heavy atom. The maximum Gasteiger partial charge on any atom is 0.0406 e. The quantitative estimate of drug-likeness (QED) is 0.649. The van der Waals surface area contributed by atoms with Gasteiger partial charge in [0, 0.05) is 15.5 Å². The number of fused-ring (bicyclic) bond motifs is 2. The van der Waals surface area contributed by atoms with Gasteiger partial charge in [0.2, 0.25) is 0 Å². The van der Waals surface area contributed by atoms with Gasteiger partial charge < -0.3 is 0 Å². The maximum atomic E-state index is 5.91. The minimum atomic E-state index is 0.658. The lowest BCUT2D eigenvalue weighted by atomic mass is 9.88. The fourth-order valence-corrected chi connectivity index (χ4v) is 4.15. The van der Waals surface area contributed by atoms with Gasteiger partial charge in [-0.05, 0) is 36.5 Å². The molecule has 3 atom stereocenters. The summed E-state index contributed by atoms with van der Waals surface area (Å²) >= 11 is 8.02. The molecule has 2 bridgehead atoms. The first kappa shape index (κ1) is 9.80. The van der Waals surface area contributed by atoms with E-state index in [1.807, 2.05) is 12.1 Å². The monoisotopic (exact) mass is 236 g/mol. The van der Waals surface area contributed by atoms with Crippen molar-refractivity contribution in [3.63, 3.8) is 0 Å². The number of allylic oxidation sites excluding steroid dienone is 1. The van der Waals surface area contributed by atoms with Gasteiger partial charge in [0.05, 0.1) is 0 Å². The molecular formula is C13H13ClS. The van der Waals surface area contributed by atoms with Gasteiger partial charge in [-0.25, -0.2) is 0 Å². The third-order valence-electron chi connectivity index (χ3n) is 3.27. The van der Waals surface area contributed by atoms with Gasteiger partial charge in [0.1, 0.15) is 0 Å². The van der Waals surface area contributed by atoms with Crippen molar-refractivity contribution in [1.82, 2.24) is 0 Å². The van der Waals surface area contributed by atoms with Crippen LogP contribution in [0.2, 0.25) is 5.02 Å². The van der Waals surface area contributed by atoms with Crippen molar-refractivity contribution in [2.24, 2.45) is 5.92 Å². The lowest BCUT2D eigenvalue weighted by Gasteiger charge is -2.37. The summed E-state index contributed by atoms with van der Waals surface area (Å²) < 4.78 is 0. The van der Waals surface area contributed by atoms with E-state index >= 15 is 0 Å². The van der Waals surface area contributed by atoms with E-state index in [0.29, 0.717) is 5.25 Å². The van der Waals surface area contributed by atoms with E-state index in [4.69, 9.17) is 11.6 Å². The van der Waals surface area contributed by atoms with Gasteiger partial charge in [-0.1, -0.05) is 35.9 Å². The Morgan fingerprint density at radius 1 is 1.07 bits per heavy atom. The Balaban J connectivity index is 1.89. The molecule has 0 saturated carbocycles. The summed E-state index contributed by atoms with van der Waals surface area (Å²) in [5.74, 6) is 0.737. The van der Waals surface area contributed by atoms with Crippen LogP contribution >= 0.6 is 23.4 Å². The largest absolute Gasteiger partial charge is 0.146 e. The van der Waals surface area contributed by atoms with Crippen molar-refractivity contribution in [3.05, 3.63) is 47.0 Å². The van der Waals surface area contributed by atoms with Crippen molar-refractivity contribution in [2.45, 2.75) is 23.3 Å². The van der Waals surface area contributed by atoms with Crippen LogP contribution in [0.5, 0.6) is 0 Å². The van der Waals surface area contributed by atoms with Gasteiger partial charge >= 0.3 is 0 Å². The van der Waals surface area contributed by atoms with E-state index < -0.39 is 0 Å². The van der Waals surface area contributed by atoms with E-state index in [1.165, 1.54) is 18.4 Å². The highest BCUT2D eigenvalue weighted by atomic mass is 35.5. The molecule has 0 unspecified atom stereocenters. The Labute approximate surface area is 99.7 Å². The molecule has 1 aliphatic carbocycles. The molecule has 15 heavy (non-hydrogen) atoms. The van der Waals surface area contributed by atoms with Crippen LogP contribution in [0.1, 0.15) is 23.7 Å². The van der Waals surface area contributed by atoms with Crippen LogP contribution in [-0.4, -0.2) is 5.25 Å². The summed E-state index contributed by atoms with van der Waals surface area (Å²) in [6.45, 7) is 0. The van der Waals surface area contributed by atoms with Crippen LogP contribution in [0, 0.1) is 5.92 Å². The Morgan fingerprint density at radius 3 is 2.40 bits per heavy atom. The first-order valence-electron chi connectivity index (χ1n) is 5.42. The first-order chi connectivity index (χ1) is 7.33. The van der Waals surface area contributed by atoms with E-state index in [9.17, 15) is 0 Å². The second kappa shape index (κ2) is 3.88. The molecule has 1 aromatic carbocycles. The highest BCUT2D eigenvalue weighted by Gasteiger charge is 2.33. The summed E-state index contributed by atoms with van der Waals surface area (Å²) in [5.41, 5.74) is 1.43. The van der Waals surface area contributed by atoms with Crippen LogP contribution in [0.25, 0.3) is 0 Å². The minimum Gasteiger partial charge on any atom is -0.146 e. The van der Waals surface area contributed by atoms with Crippen LogP contribution in [0.15, 0.2) is 36.4 Å². The standard InChI is InChI=1S/C13H13ClS/c14-11-5-1-9(2-6-11)13-10-3-7-12(15-13)8-4-10/h1-3,5-7,10,12-13H,4,8H2/t10-,12+,13+/m1/s1. The normalized spacial score (nSPS) is 33.3. The van der Waals surface area contributed by atoms with Crippen molar-refractivity contribution < 1.29 is 0 Å². The lowest BCUT2D eigenvalue weighted by Crippen LogP contribution is -2.23. The van der Waals surface area contributed by atoms with Crippen molar-refractivity contribution >= 4 is 23.4 Å². The van der Waals surface area contributed by atoms with Gasteiger partial charge in [0.15, 0.2) is 0 Å². The number of thioether (sulfide) groups is 1. The number of rotatable bonds is 1. The number of benzene rings is 1. The molecule has 0 nitrogen and oxygen atoms in total. The van der Waals surface area contributed by atoms with E-state index in [-0.39, 0.29) is 0 Å². The molecule has 0 N–H and O–H groups in total. The fourth-order valence-electron chi connectivity index (χ4n) is 2.45. The molecule has 1 aromatic rings. The summed E-state index contributed by atoms with van der Waals surface area (Å²) in [5, 5.41) is 2.24. The van der Waals surface area contributed by atoms with E-state index in [0.717, 1.165) is 16.2 Å². The SMILES string of the molecule is Clc1ccc([C@@H]2S[C@H]3C=C[C@@H]2CC3)cc1. The average molecular weight is 237 g/mol. The minimum absolute atomic E-state index is 0.658. The molecule has 0 spiro atoms. The van der Waals surface area contributed by atoms with E-state index in [1.54, 1.807) is 0 Å². The molecule has 2 heterocycles. The average Bonchev–Trinajstić information content (AvgIpc) is 2.31. The molecule has 1 saturated heterocycles. The van der Waals surface area contributed by atoms with Gasteiger partial charge in [-0.3, -0.25) is 0 Å². The highest BCUT2D eigenvalue weighted by molar-refractivity contribution is 8.00. The highest BCUT2D eigenvalue weighted by Crippen LogP contribution is 2.50. The third kappa shape index (κ3) is 1.83. The van der Waals surface area contributed by atoms with Gasteiger partial charge in [0.25, 0.3) is 0 Å². The lowest BCUT2D eigenvalue weighted by molar-refractivity contribution is 0.509. The van der Waals surface area contributed by atoms with Crippen LogP contribution < -0.4 is 0 Å². The Bertz CT molecular complexity index is 382. The van der Waals surface area contributed by atoms with Crippen LogP contribution in [0.4, 0.5) is 0 Å². The van der Waals surface area contributed by atoms with E-state index in [2.05, 4.69) is 36.0 Å². The predicted octanol–water partition coefficient (Wildman–Crippen LogP) is 4.46. The molecule has 0 aromatic heterocycles.